The first-order chi connectivity index (χ1) is 9.36. The summed E-state index contributed by atoms with van der Waals surface area (Å²) in [5.41, 5.74) is 8.04. The Balaban J connectivity index is 1.78. The first-order valence-electron chi connectivity index (χ1n) is 7.08. The van der Waals surface area contributed by atoms with Gasteiger partial charge in [0.25, 0.3) is 0 Å². The number of aromatic amines is 1. The molecule has 0 amide bonds. The van der Waals surface area contributed by atoms with Gasteiger partial charge in [-0.1, -0.05) is 43.5 Å². The maximum absolute atomic E-state index is 5.53. The van der Waals surface area contributed by atoms with E-state index in [0.717, 1.165) is 23.1 Å². The SMILES string of the molecule is NCc1nc(-c2ccc(C3CCCCC3)cc2)n[nH]1. The minimum Gasteiger partial charge on any atom is -0.324 e. The normalized spacial score (nSPS) is 16.7. The van der Waals surface area contributed by atoms with Crippen LogP contribution in [0.3, 0.4) is 0 Å². The quantitative estimate of drug-likeness (QED) is 0.887. The van der Waals surface area contributed by atoms with E-state index >= 15 is 0 Å². The first-order valence-corrected chi connectivity index (χ1v) is 7.08. The molecule has 0 bridgehead atoms. The predicted octanol–water partition coefficient (Wildman–Crippen LogP) is 2.98. The molecular formula is C15H20N4. The third-order valence-electron chi connectivity index (χ3n) is 3.97. The summed E-state index contributed by atoms with van der Waals surface area (Å²) in [4.78, 5) is 4.35. The van der Waals surface area contributed by atoms with Gasteiger partial charge in [0.05, 0.1) is 6.54 Å². The van der Waals surface area contributed by atoms with Crippen LogP contribution in [0.2, 0.25) is 0 Å². The van der Waals surface area contributed by atoms with Crippen LogP contribution in [-0.4, -0.2) is 15.2 Å². The van der Waals surface area contributed by atoms with Crippen molar-refractivity contribution in [1.29, 1.82) is 0 Å². The van der Waals surface area contributed by atoms with Gasteiger partial charge in [0, 0.05) is 5.56 Å². The number of aromatic nitrogens is 3. The van der Waals surface area contributed by atoms with Crippen molar-refractivity contribution in [2.24, 2.45) is 5.73 Å². The van der Waals surface area contributed by atoms with Gasteiger partial charge in [-0.2, -0.15) is 5.10 Å². The van der Waals surface area contributed by atoms with Gasteiger partial charge in [-0.3, -0.25) is 5.10 Å². The second-order valence-electron chi connectivity index (χ2n) is 5.27. The fraction of sp³-hybridized carbons (Fsp3) is 0.467. The lowest BCUT2D eigenvalue weighted by Gasteiger charge is -2.21. The number of H-pyrrole nitrogens is 1. The average Bonchev–Trinajstić information content (AvgIpc) is 2.97. The van der Waals surface area contributed by atoms with Crippen molar-refractivity contribution in [2.45, 2.75) is 44.6 Å². The summed E-state index contributed by atoms with van der Waals surface area (Å²) in [5.74, 6) is 2.21. The molecule has 1 aliphatic rings. The lowest BCUT2D eigenvalue weighted by molar-refractivity contribution is 0.443. The minimum atomic E-state index is 0.396. The molecule has 19 heavy (non-hydrogen) atoms. The molecule has 1 aromatic heterocycles. The summed E-state index contributed by atoms with van der Waals surface area (Å²) in [6, 6.07) is 8.69. The van der Waals surface area contributed by atoms with E-state index in [-0.39, 0.29) is 0 Å². The highest BCUT2D eigenvalue weighted by Crippen LogP contribution is 2.33. The van der Waals surface area contributed by atoms with Crippen LogP contribution in [0.1, 0.15) is 49.4 Å². The molecule has 0 spiro atoms. The Morgan fingerprint density at radius 2 is 1.84 bits per heavy atom. The Bertz CT molecular complexity index is 523. The molecule has 1 aliphatic carbocycles. The van der Waals surface area contributed by atoms with Gasteiger partial charge in [-0.15, -0.1) is 0 Å². The van der Waals surface area contributed by atoms with Crippen LogP contribution in [0.4, 0.5) is 0 Å². The third-order valence-corrected chi connectivity index (χ3v) is 3.97. The zero-order chi connectivity index (χ0) is 13.1. The first kappa shape index (κ1) is 12.4. The predicted molar refractivity (Wildman–Crippen MR) is 75.5 cm³/mol. The van der Waals surface area contributed by atoms with Crippen molar-refractivity contribution in [3.8, 4) is 11.4 Å². The smallest absolute Gasteiger partial charge is 0.181 e. The fourth-order valence-electron chi connectivity index (χ4n) is 2.86. The van der Waals surface area contributed by atoms with E-state index in [4.69, 9.17) is 5.73 Å². The van der Waals surface area contributed by atoms with Crippen LogP contribution < -0.4 is 5.73 Å². The van der Waals surface area contributed by atoms with E-state index < -0.39 is 0 Å². The zero-order valence-electron chi connectivity index (χ0n) is 11.1. The number of nitrogens with two attached hydrogens (primary N) is 1. The van der Waals surface area contributed by atoms with Crippen molar-refractivity contribution in [3.05, 3.63) is 35.7 Å². The molecule has 0 atom stereocenters. The van der Waals surface area contributed by atoms with Crippen LogP contribution >= 0.6 is 0 Å². The molecule has 0 saturated heterocycles. The number of nitrogens with zero attached hydrogens (tertiary/aromatic N) is 2. The van der Waals surface area contributed by atoms with Gasteiger partial charge in [0.2, 0.25) is 0 Å². The Kier molecular flexibility index (Phi) is 3.60. The molecule has 1 aromatic carbocycles. The second kappa shape index (κ2) is 5.53. The number of benzene rings is 1. The minimum absolute atomic E-state index is 0.396. The summed E-state index contributed by atoms with van der Waals surface area (Å²) in [7, 11) is 0. The van der Waals surface area contributed by atoms with Gasteiger partial charge >= 0.3 is 0 Å². The Hall–Kier alpha value is -1.68. The fourth-order valence-corrected chi connectivity index (χ4v) is 2.86. The van der Waals surface area contributed by atoms with E-state index in [1.165, 1.54) is 37.7 Å². The molecule has 2 aromatic rings. The molecule has 3 N–H and O–H groups in total. The van der Waals surface area contributed by atoms with Crippen molar-refractivity contribution >= 4 is 0 Å². The van der Waals surface area contributed by atoms with Gasteiger partial charge < -0.3 is 5.73 Å². The van der Waals surface area contributed by atoms with Gasteiger partial charge in [-0.05, 0) is 24.3 Å². The maximum Gasteiger partial charge on any atom is 0.181 e. The summed E-state index contributed by atoms with van der Waals surface area (Å²) in [5, 5.41) is 7.03. The van der Waals surface area contributed by atoms with E-state index in [9.17, 15) is 0 Å². The molecule has 100 valence electrons. The van der Waals surface area contributed by atoms with Crippen LogP contribution in [0.15, 0.2) is 24.3 Å². The lowest BCUT2D eigenvalue weighted by atomic mass is 9.84. The van der Waals surface area contributed by atoms with E-state index in [1.807, 2.05) is 0 Å². The molecule has 1 saturated carbocycles. The summed E-state index contributed by atoms with van der Waals surface area (Å²) >= 11 is 0. The molecule has 0 radical (unpaired) electrons. The molecule has 0 unspecified atom stereocenters. The van der Waals surface area contributed by atoms with Gasteiger partial charge in [0.1, 0.15) is 5.82 Å². The molecule has 1 heterocycles. The average molecular weight is 256 g/mol. The summed E-state index contributed by atoms with van der Waals surface area (Å²) in [6.45, 7) is 0.396. The van der Waals surface area contributed by atoms with Crippen molar-refractivity contribution in [1.82, 2.24) is 15.2 Å². The monoisotopic (exact) mass is 256 g/mol. The van der Waals surface area contributed by atoms with E-state index in [2.05, 4.69) is 39.4 Å². The van der Waals surface area contributed by atoms with Gasteiger partial charge in [0.15, 0.2) is 5.82 Å². The van der Waals surface area contributed by atoms with Crippen molar-refractivity contribution in [3.63, 3.8) is 0 Å². The van der Waals surface area contributed by atoms with Crippen LogP contribution in [0.25, 0.3) is 11.4 Å². The van der Waals surface area contributed by atoms with Gasteiger partial charge in [-0.25, -0.2) is 4.98 Å². The molecular weight excluding hydrogens is 236 g/mol. The number of hydrogen-bond donors (Lipinski definition) is 2. The Labute approximate surface area is 113 Å². The lowest BCUT2D eigenvalue weighted by Crippen LogP contribution is -2.04. The highest BCUT2D eigenvalue weighted by molar-refractivity contribution is 5.55. The molecule has 4 heteroatoms. The van der Waals surface area contributed by atoms with Crippen LogP contribution in [0.5, 0.6) is 0 Å². The second-order valence-corrected chi connectivity index (χ2v) is 5.27. The van der Waals surface area contributed by atoms with Crippen LogP contribution in [0, 0.1) is 0 Å². The molecule has 1 fully saturated rings. The van der Waals surface area contributed by atoms with E-state index in [0.29, 0.717) is 6.54 Å². The van der Waals surface area contributed by atoms with Crippen molar-refractivity contribution in [2.75, 3.05) is 0 Å². The van der Waals surface area contributed by atoms with Crippen molar-refractivity contribution < 1.29 is 0 Å². The zero-order valence-corrected chi connectivity index (χ0v) is 11.1. The molecule has 0 aliphatic heterocycles. The summed E-state index contributed by atoms with van der Waals surface area (Å²) in [6.07, 6.45) is 6.79. The van der Waals surface area contributed by atoms with Crippen LogP contribution in [-0.2, 0) is 6.54 Å². The van der Waals surface area contributed by atoms with E-state index in [1.54, 1.807) is 0 Å². The Morgan fingerprint density at radius 1 is 1.11 bits per heavy atom. The number of rotatable bonds is 3. The Morgan fingerprint density at radius 3 is 2.47 bits per heavy atom. The topological polar surface area (TPSA) is 67.6 Å². The highest BCUT2D eigenvalue weighted by atomic mass is 15.2. The standard InChI is InChI=1S/C15H20N4/c16-10-14-17-15(19-18-14)13-8-6-12(7-9-13)11-4-2-1-3-5-11/h6-9,11H,1-5,10,16H2,(H,17,18,19). The molecule has 3 rings (SSSR count). The number of nitrogens with one attached hydrogen (secondary N) is 1. The highest BCUT2D eigenvalue weighted by Gasteiger charge is 2.15. The summed E-state index contributed by atoms with van der Waals surface area (Å²) < 4.78 is 0. The maximum atomic E-state index is 5.53. The largest absolute Gasteiger partial charge is 0.324 e. The number of hydrogen-bond acceptors (Lipinski definition) is 3. The molecule has 4 nitrogen and oxygen atoms in total. The third kappa shape index (κ3) is 2.68.